The van der Waals surface area contributed by atoms with Gasteiger partial charge >= 0.3 is 0 Å². The second-order valence-electron chi connectivity index (χ2n) is 1.94. The molecule has 0 radical (unpaired) electrons. The zero-order chi connectivity index (χ0) is 6.97. The Morgan fingerprint density at radius 1 is 1.50 bits per heavy atom. The number of hydrogen-bond acceptors (Lipinski definition) is 4. The van der Waals surface area contributed by atoms with Crippen LogP contribution in [0.2, 0.25) is 0 Å². The Morgan fingerprint density at radius 3 is 3.20 bits per heavy atom. The maximum absolute atomic E-state index is 5.41. The van der Waals surface area contributed by atoms with Gasteiger partial charge in [-0.1, -0.05) is 0 Å². The van der Waals surface area contributed by atoms with Crippen LogP contribution in [0.25, 0.3) is 10.9 Å². The van der Waals surface area contributed by atoms with Crippen LogP contribution in [-0.4, -0.2) is 10.2 Å². The number of aromatic nitrogens is 2. The van der Waals surface area contributed by atoms with E-state index < -0.39 is 0 Å². The van der Waals surface area contributed by atoms with E-state index in [2.05, 4.69) is 10.2 Å². The number of furan rings is 1. The van der Waals surface area contributed by atoms with E-state index in [1.165, 1.54) is 0 Å². The molecule has 10 heavy (non-hydrogen) atoms. The van der Waals surface area contributed by atoms with Crippen molar-refractivity contribution in [2.45, 2.75) is 0 Å². The molecule has 0 aromatic carbocycles. The minimum atomic E-state index is 0.322. The van der Waals surface area contributed by atoms with Gasteiger partial charge in [0.15, 0.2) is 5.52 Å². The molecule has 4 heteroatoms. The number of nitrogens with two attached hydrogens (primary N) is 1. The average molecular weight is 135 g/mol. The van der Waals surface area contributed by atoms with Crippen LogP contribution in [0.4, 0.5) is 5.88 Å². The van der Waals surface area contributed by atoms with Crippen LogP contribution >= 0.6 is 0 Å². The summed E-state index contributed by atoms with van der Waals surface area (Å²) < 4.78 is 4.89. The molecule has 0 saturated heterocycles. The summed E-state index contributed by atoms with van der Waals surface area (Å²) >= 11 is 0. The van der Waals surface area contributed by atoms with Gasteiger partial charge in [-0.25, -0.2) is 0 Å². The molecular formula is C6H5N3O. The first-order chi connectivity index (χ1) is 4.88. The van der Waals surface area contributed by atoms with Crippen molar-refractivity contribution in [3.8, 4) is 0 Å². The van der Waals surface area contributed by atoms with Crippen LogP contribution in [0.5, 0.6) is 0 Å². The molecule has 4 nitrogen and oxygen atoms in total. The first-order valence-corrected chi connectivity index (χ1v) is 2.82. The van der Waals surface area contributed by atoms with Crippen molar-refractivity contribution >= 4 is 16.8 Å². The summed E-state index contributed by atoms with van der Waals surface area (Å²) in [5.74, 6) is 0.322. The highest BCUT2D eigenvalue weighted by atomic mass is 16.3. The Balaban J connectivity index is 2.93. The smallest absolute Gasteiger partial charge is 0.218 e. The van der Waals surface area contributed by atoms with Gasteiger partial charge in [0.25, 0.3) is 0 Å². The molecule has 0 aliphatic heterocycles. The molecule has 0 fully saturated rings. The van der Waals surface area contributed by atoms with Gasteiger partial charge in [0.2, 0.25) is 5.88 Å². The van der Waals surface area contributed by atoms with Gasteiger partial charge in [-0.05, 0) is 6.07 Å². The SMILES string of the molecule is Nc1occ2ccnnc12. The van der Waals surface area contributed by atoms with E-state index in [0.717, 1.165) is 5.39 Å². The molecule has 50 valence electrons. The van der Waals surface area contributed by atoms with Crippen molar-refractivity contribution in [3.05, 3.63) is 18.5 Å². The monoisotopic (exact) mass is 135 g/mol. The second-order valence-corrected chi connectivity index (χ2v) is 1.94. The minimum Gasteiger partial charge on any atom is -0.446 e. The van der Waals surface area contributed by atoms with Gasteiger partial charge in [-0.2, -0.15) is 5.10 Å². The lowest BCUT2D eigenvalue weighted by atomic mass is 10.4. The van der Waals surface area contributed by atoms with Crippen molar-refractivity contribution in [2.75, 3.05) is 5.73 Å². The van der Waals surface area contributed by atoms with E-state index in [0.29, 0.717) is 11.4 Å². The summed E-state index contributed by atoms with van der Waals surface area (Å²) in [6, 6.07) is 1.79. The lowest BCUT2D eigenvalue weighted by molar-refractivity contribution is 0.592. The third-order valence-corrected chi connectivity index (χ3v) is 1.30. The first-order valence-electron chi connectivity index (χ1n) is 2.82. The van der Waals surface area contributed by atoms with Gasteiger partial charge < -0.3 is 10.2 Å². The lowest BCUT2D eigenvalue weighted by Gasteiger charge is -1.82. The molecule has 0 bridgehead atoms. The highest BCUT2D eigenvalue weighted by Crippen LogP contribution is 2.18. The summed E-state index contributed by atoms with van der Waals surface area (Å²) in [5.41, 5.74) is 6.03. The molecule has 2 aromatic heterocycles. The van der Waals surface area contributed by atoms with E-state index in [9.17, 15) is 0 Å². The third-order valence-electron chi connectivity index (χ3n) is 1.30. The zero-order valence-electron chi connectivity index (χ0n) is 5.11. The van der Waals surface area contributed by atoms with Crippen molar-refractivity contribution < 1.29 is 4.42 Å². The number of hydrogen-bond donors (Lipinski definition) is 1. The topological polar surface area (TPSA) is 64.9 Å². The van der Waals surface area contributed by atoms with Crippen LogP contribution in [-0.2, 0) is 0 Å². The predicted molar refractivity (Wildman–Crippen MR) is 36.2 cm³/mol. The van der Waals surface area contributed by atoms with Gasteiger partial charge in [0, 0.05) is 5.39 Å². The van der Waals surface area contributed by atoms with Crippen LogP contribution in [0.1, 0.15) is 0 Å². The summed E-state index contributed by atoms with van der Waals surface area (Å²) in [7, 11) is 0. The molecule has 0 atom stereocenters. The van der Waals surface area contributed by atoms with E-state index in [1.54, 1.807) is 18.5 Å². The van der Waals surface area contributed by atoms with Crippen LogP contribution in [0.3, 0.4) is 0 Å². The minimum absolute atomic E-state index is 0.322. The first kappa shape index (κ1) is 5.22. The molecule has 0 amide bonds. The summed E-state index contributed by atoms with van der Waals surface area (Å²) in [6.45, 7) is 0. The fraction of sp³-hybridized carbons (Fsp3) is 0. The molecule has 0 aliphatic carbocycles. The third kappa shape index (κ3) is 0.556. The highest BCUT2D eigenvalue weighted by Gasteiger charge is 2.01. The number of nitrogens with zero attached hydrogens (tertiary/aromatic N) is 2. The Morgan fingerprint density at radius 2 is 2.40 bits per heavy atom. The molecular weight excluding hydrogens is 130 g/mol. The molecule has 2 heterocycles. The number of fused-ring (bicyclic) bond motifs is 1. The number of rotatable bonds is 0. The summed E-state index contributed by atoms with van der Waals surface area (Å²) in [4.78, 5) is 0. The Bertz CT molecular complexity index is 355. The number of nitrogen functional groups attached to an aromatic ring is 1. The fourth-order valence-corrected chi connectivity index (χ4v) is 0.811. The maximum atomic E-state index is 5.41. The van der Waals surface area contributed by atoms with Gasteiger partial charge in [-0.15, -0.1) is 5.10 Å². The molecule has 0 aliphatic rings. The van der Waals surface area contributed by atoms with Crippen molar-refractivity contribution in [1.29, 1.82) is 0 Å². The maximum Gasteiger partial charge on any atom is 0.218 e. The molecule has 2 aromatic rings. The Kier molecular flexibility index (Phi) is 0.887. The van der Waals surface area contributed by atoms with Gasteiger partial charge in [0.1, 0.15) is 6.26 Å². The normalized spacial score (nSPS) is 10.4. The van der Waals surface area contributed by atoms with Crippen molar-refractivity contribution in [2.24, 2.45) is 0 Å². The summed E-state index contributed by atoms with van der Waals surface area (Å²) in [6.07, 6.45) is 3.15. The predicted octanol–water partition coefficient (Wildman–Crippen LogP) is 0.805. The fourth-order valence-electron chi connectivity index (χ4n) is 0.811. The molecule has 2 N–H and O–H groups in total. The Hall–Kier alpha value is -1.58. The Labute approximate surface area is 56.7 Å². The number of anilines is 1. The van der Waals surface area contributed by atoms with Crippen molar-refractivity contribution in [3.63, 3.8) is 0 Å². The molecule has 0 spiro atoms. The summed E-state index contributed by atoms with van der Waals surface area (Å²) in [5, 5.41) is 8.31. The van der Waals surface area contributed by atoms with Gasteiger partial charge in [-0.3, -0.25) is 0 Å². The van der Waals surface area contributed by atoms with Crippen LogP contribution in [0, 0.1) is 0 Å². The van der Waals surface area contributed by atoms with Gasteiger partial charge in [0.05, 0.1) is 6.20 Å². The van der Waals surface area contributed by atoms with Crippen molar-refractivity contribution in [1.82, 2.24) is 10.2 Å². The zero-order valence-corrected chi connectivity index (χ0v) is 5.11. The van der Waals surface area contributed by atoms with E-state index in [4.69, 9.17) is 10.2 Å². The lowest BCUT2D eigenvalue weighted by Crippen LogP contribution is -1.84. The largest absolute Gasteiger partial charge is 0.446 e. The molecule has 2 rings (SSSR count). The van der Waals surface area contributed by atoms with Crippen LogP contribution in [0.15, 0.2) is 22.9 Å². The van der Waals surface area contributed by atoms with E-state index in [-0.39, 0.29) is 0 Å². The average Bonchev–Trinajstić information content (AvgIpc) is 2.34. The highest BCUT2D eigenvalue weighted by molar-refractivity contribution is 5.85. The molecule has 0 saturated carbocycles. The standard InChI is InChI=1S/C6H5N3O/c7-6-5-4(3-10-6)1-2-8-9-5/h1-3H,7H2. The van der Waals surface area contributed by atoms with E-state index in [1.807, 2.05) is 0 Å². The van der Waals surface area contributed by atoms with Crippen LogP contribution < -0.4 is 5.73 Å². The second kappa shape index (κ2) is 1.70. The quantitative estimate of drug-likeness (QED) is 0.580. The van der Waals surface area contributed by atoms with E-state index >= 15 is 0 Å². The molecule has 0 unspecified atom stereocenters.